The molecule has 0 aliphatic carbocycles. The third-order valence-electron chi connectivity index (χ3n) is 6.29. The number of rotatable bonds is 12. The fourth-order valence-corrected chi connectivity index (χ4v) is 5.21. The van der Waals surface area contributed by atoms with Crippen LogP contribution in [0.3, 0.4) is 0 Å². The lowest BCUT2D eigenvalue weighted by molar-refractivity contribution is -0.141. The summed E-state index contributed by atoms with van der Waals surface area (Å²) in [6.45, 7) is 1.91. The van der Waals surface area contributed by atoms with E-state index in [1.807, 2.05) is 49.4 Å². The molecule has 2 amide bonds. The monoisotopic (exact) mass is 539 g/mol. The number of halogens is 1. The maximum absolute atomic E-state index is 14.6. The van der Waals surface area contributed by atoms with Crippen LogP contribution in [0.25, 0.3) is 0 Å². The first-order valence-corrected chi connectivity index (χ1v) is 14.3. The van der Waals surface area contributed by atoms with E-state index < -0.39 is 21.9 Å². The zero-order chi connectivity index (χ0) is 27.7. The Morgan fingerprint density at radius 2 is 1.58 bits per heavy atom. The maximum Gasteiger partial charge on any atom is 0.242 e. The molecule has 0 radical (unpaired) electrons. The molecule has 0 saturated heterocycles. The molecule has 0 spiro atoms. The second-order valence-corrected chi connectivity index (χ2v) is 11.1. The Balaban J connectivity index is 1.84. The van der Waals surface area contributed by atoms with E-state index in [2.05, 4.69) is 5.32 Å². The average Bonchev–Trinajstić information content (AvgIpc) is 2.89. The lowest BCUT2D eigenvalue weighted by atomic mass is 10.0. The minimum absolute atomic E-state index is 0.0192. The molecule has 38 heavy (non-hydrogen) atoms. The molecule has 1 atom stereocenters. The molecule has 0 aliphatic heterocycles. The van der Waals surface area contributed by atoms with Crippen molar-refractivity contribution >= 4 is 27.5 Å². The van der Waals surface area contributed by atoms with Gasteiger partial charge in [-0.15, -0.1) is 0 Å². The van der Waals surface area contributed by atoms with Crippen LogP contribution in [0.15, 0.2) is 78.9 Å². The van der Waals surface area contributed by atoms with E-state index in [0.29, 0.717) is 11.3 Å². The molecule has 202 valence electrons. The van der Waals surface area contributed by atoms with Crippen LogP contribution in [0.5, 0.6) is 0 Å². The van der Waals surface area contributed by atoms with E-state index >= 15 is 0 Å². The minimum Gasteiger partial charge on any atom is -0.357 e. The first kappa shape index (κ1) is 28.8. The summed E-state index contributed by atoms with van der Waals surface area (Å²) in [7, 11) is -2.09. The van der Waals surface area contributed by atoms with Gasteiger partial charge in [0, 0.05) is 38.5 Å². The van der Waals surface area contributed by atoms with Crippen molar-refractivity contribution in [1.82, 2.24) is 10.2 Å². The average molecular weight is 540 g/mol. The zero-order valence-corrected chi connectivity index (χ0v) is 22.7. The summed E-state index contributed by atoms with van der Waals surface area (Å²) in [5.41, 5.74) is 2.66. The summed E-state index contributed by atoms with van der Waals surface area (Å²) in [6.07, 6.45) is 1.58. The normalized spacial score (nSPS) is 12.0. The summed E-state index contributed by atoms with van der Waals surface area (Å²) < 4.78 is 40.8. The van der Waals surface area contributed by atoms with E-state index in [4.69, 9.17) is 0 Å². The lowest BCUT2D eigenvalue weighted by Crippen LogP contribution is -2.50. The Kier molecular flexibility index (Phi) is 10.0. The lowest BCUT2D eigenvalue weighted by Gasteiger charge is -2.31. The van der Waals surface area contributed by atoms with Gasteiger partial charge in [0.2, 0.25) is 21.8 Å². The molecule has 0 heterocycles. The third-order valence-corrected chi connectivity index (χ3v) is 7.48. The van der Waals surface area contributed by atoms with Crippen LogP contribution in [0.2, 0.25) is 0 Å². The number of nitrogens with one attached hydrogen (secondary N) is 1. The second kappa shape index (κ2) is 13.2. The van der Waals surface area contributed by atoms with Crippen molar-refractivity contribution in [2.45, 2.75) is 38.8 Å². The Bertz CT molecular complexity index is 1330. The summed E-state index contributed by atoms with van der Waals surface area (Å²) in [6, 6.07) is 21.7. The summed E-state index contributed by atoms with van der Waals surface area (Å²) in [4.78, 5) is 27.9. The van der Waals surface area contributed by atoms with Crippen LogP contribution in [-0.2, 0) is 32.6 Å². The molecule has 1 N–H and O–H groups in total. The number of carbonyl (C=O) groups excluding carboxylic acids is 2. The number of nitrogens with zero attached hydrogens (tertiary/aromatic N) is 2. The smallest absolute Gasteiger partial charge is 0.242 e. The van der Waals surface area contributed by atoms with Crippen LogP contribution in [-0.4, -0.2) is 51.0 Å². The Morgan fingerprint density at radius 3 is 2.18 bits per heavy atom. The topological polar surface area (TPSA) is 86.8 Å². The van der Waals surface area contributed by atoms with Crippen molar-refractivity contribution < 1.29 is 22.4 Å². The molecule has 9 heteroatoms. The number of amides is 2. The molecule has 0 fully saturated rings. The van der Waals surface area contributed by atoms with Gasteiger partial charge in [-0.2, -0.15) is 0 Å². The van der Waals surface area contributed by atoms with Gasteiger partial charge in [0.1, 0.15) is 11.9 Å². The number of carbonyl (C=O) groups is 2. The van der Waals surface area contributed by atoms with Crippen LogP contribution < -0.4 is 9.62 Å². The van der Waals surface area contributed by atoms with Gasteiger partial charge in [-0.25, -0.2) is 12.8 Å². The second-order valence-electron chi connectivity index (χ2n) is 9.21. The molecule has 0 bridgehead atoms. The number of hydrogen-bond donors (Lipinski definition) is 1. The Hall–Kier alpha value is -3.72. The highest BCUT2D eigenvalue weighted by molar-refractivity contribution is 7.92. The van der Waals surface area contributed by atoms with E-state index in [1.54, 1.807) is 30.3 Å². The highest BCUT2D eigenvalue weighted by Crippen LogP contribution is 2.21. The fraction of sp³-hybridized carbons (Fsp3) is 0.310. The summed E-state index contributed by atoms with van der Waals surface area (Å²) in [5.74, 6) is -1.20. The highest BCUT2D eigenvalue weighted by Gasteiger charge is 2.30. The largest absolute Gasteiger partial charge is 0.357 e. The first-order valence-electron chi connectivity index (χ1n) is 12.4. The van der Waals surface area contributed by atoms with Crippen molar-refractivity contribution in [3.8, 4) is 0 Å². The number of hydrogen-bond acceptors (Lipinski definition) is 4. The molecule has 3 aromatic rings. The molecule has 7 nitrogen and oxygen atoms in total. The van der Waals surface area contributed by atoms with E-state index in [0.717, 1.165) is 17.4 Å². The van der Waals surface area contributed by atoms with Gasteiger partial charge >= 0.3 is 0 Å². The number of anilines is 1. The third kappa shape index (κ3) is 7.89. The van der Waals surface area contributed by atoms with Gasteiger partial charge in [0.25, 0.3) is 0 Å². The molecule has 0 aromatic heterocycles. The molecule has 3 rings (SSSR count). The number of sulfonamides is 1. The van der Waals surface area contributed by atoms with E-state index in [1.165, 1.54) is 22.3 Å². The van der Waals surface area contributed by atoms with Crippen molar-refractivity contribution in [2.24, 2.45) is 0 Å². The molecular formula is C29H34FN3O4S. The van der Waals surface area contributed by atoms with Crippen molar-refractivity contribution in [2.75, 3.05) is 24.2 Å². The Labute approximate surface area is 224 Å². The van der Waals surface area contributed by atoms with Gasteiger partial charge in [-0.3, -0.25) is 13.9 Å². The molecule has 0 saturated carbocycles. The van der Waals surface area contributed by atoms with Crippen LogP contribution in [0, 0.1) is 12.7 Å². The molecule has 3 aromatic carbocycles. The summed E-state index contributed by atoms with van der Waals surface area (Å²) in [5, 5.41) is 2.63. The SMILES string of the molecule is CNC(=O)[C@@H](Cc1ccccc1)N(Cc1ccccc1F)C(=O)CCCN(c1ccc(C)cc1)S(C)(=O)=O. The van der Waals surface area contributed by atoms with Crippen molar-refractivity contribution in [3.63, 3.8) is 0 Å². The van der Waals surface area contributed by atoms with Crippen molar-refractivity contribution in [1.29, 1.82) is 0 Å². The van der Waals surface area contributed by atoms with Gasteiger partial charge in [0.15, 0.2) is 0 Å². The standard InChI is InChI=1S/C29H34FN3O4S/c1-22-15-17-25(18-16-22)33(38(3,36)37)19-9-14-28(34)32(21-24-12-7-8-13-26(24)30)27(29(35)31-2)20-23-10-5-4-6-11-23/h4-8,10-13,15-18,27H,9,14,19-21H2,1-3H3,(H,31,35)/t27-/m1/s1. The number of likely N-dealkylation sites (N-methyl/N-ethyl adjacent to an activating group) is 1. The Morgan fingerprint density at radius 1 is 0.947 bits per heavy atom. The number of benzene rings is 3. The quantitative estimate of drug-likeness (QED) is 0.376. The maximum atomic E-state index is 14.6. The minimum atomic E-state index is -3.58. The van der Waals surface area contributed by atoms with Crippen LogP contribution in [0.1, 0.15) is 29.5 Å². The highest BCUT2D eigenvalue weighted by atomic mass is 32.2. The molecule has 0 aliphatic rings. The van der Waals surface area contributed by atoms with E-state index in [9.17, 15) is 22.4 Å². The van der Waals surface area contributed by atoms with Crippen molar-refractivity contribution in [3.05, 3.63) is 101 Å². The van der Waals surface area contributed by atoms with Crippen LogP contribution in [0.4, 0.5) is 10.1 Å². The van der Waals surface area contributed by atoms with Crippen LogP contribution >= 0.6 is 0 Å². The van der Waals surface area contributed by atoms with Gasteiger partial charge in [-0.05, 0) is 37.1 Å². The first-order chi connectivity index (χ1) is 18.1. The summed E-state index contributed by atoms with van der Waals surface area (Å²) >= 11 is 0. The van der Waals surface area contributed by atoms with Gasteiger partial charge < -0.3 is 10.2 Å². The molecular weight excluding hydrogens is 505 g/mol. The van der Waals surface area contributed by atoms with Gasteiger partial charge in [-0.1, -0.05) is 66.2 Å². The number of aryl methyl sites for hydroxylation is 1. The van der Waals surface area contributed by atoms with Gasteiger partial charge in [0.05, 0.1) is 11.9 Å². The van der Waals surface area contributed by atoms with E-state index in [-0.39, 0.29) is 44.2 Å². The molecule has 0 unspecified atom stereocenters. The predicted molar refractivity (Wildman–Crippen MR) is 148 cm³/mol. The zero-order valence-electron chi connectivity index (χ0n) is 21.9. The predicted octanol–water partition coefficient (Wildman–Crippen LogP) is 4.07. The fourth-order valence-electron chi connectivity index (χ4n) is 4.25.